The van der Waals surface area contributed by atoms with Gasteiger partial charge in [0.05, 0.1) is 17.2 Å². The van der Waals surface area contributed by atoms with E-state index in [0.29, 0.717) is 6.54 Å². The molecule has 0 aliphatic heterocycles. The van der Waals surface area contributed by atoms with Crippen LogP contribution in [0.15, 0.2) is 22.7 Å². The SMILES string of the molecule is CCC(C)(O)CNC(C)c1ccc(OC)c(Br)c1. The molecule has 0 saturated heterocycles. The van der Waals surface area contributed by atoms with Gasteiger partial charge in [-0.2, -0.15) is 0 Å². The number of ether oxygens (including phenoxy) is 1. The summed E-state index contributed by atoms with van der Waals surface area (Å²) < 4.78 is 6.15. The number of rotatable bonds is 6. The minimum absolute atomic E-state index is 0.185. The van der Waals surface area contributed by atoms with E-state index in [2.05, 4.69) is 28.2 Å². The smallest absolute Gasteiger partial charge is 0.133 e. The zero-order valence-corrected chi connectivity index (χ0v) is 13.0. The van der Waals surface area contributed by atoms with Crippen molar-refractivity contribution in [2.45, 2.75) is 38.8 Å². The highest BCUT2D eigenvalue weighted by Crippen LogP contribution is 2.28. The molecule has 1 aromatic carbocycles. The van der Waals surface area contributed by atoms with Gasteiger partial charge in [-0.15, -0.1) is 0 Å². The van der Waals surface area contributed by atoms with Crippen molar-refractivity contribution < 1.29 is 9.84 Å². The number of benzene rings is 1. The molecule has 0 radical (unpaired) electrons. The Labute approximate surface area is 118 Å². The van der Waals surface area contributed by atoms with E-state index in [1.807, 2.05) is 32.0 Å². The van der Waals surface area contributed by atoms with E-state index in [4.69, 9.17) is 4.74 Å². The van der Waals surface area contributed by atoms with E-state index in [-0.39, 0.29) is 6.04 Å². The normalized spacial score (nSPS) is 16.1. The minimum Gasteiger partial charge on any atom is -0.496 e. The van der Waals surface area contributed by atoms with Gasteiger partial charge in [0.1, 0.15) is 5.75 Å². The molecule has 0 heterocycles. The van der Waals surface area contributed by atoms with E-state index in [1.165, 1.54) is 0 Å². The Bertz CT molecular complexity index is 393. The van der Waals surface area contributed by atoms with Crippen LogP contribution in [0, 0.1) is 0 Å². The van der Waals surface area contributed by atoms with Crippen molar-refractivity contribution in [1.82, 2.24) is 5.32 Å². The van der Waals surface area contributed by atoms with Crippen molar-refractivity contribution in [3.8, 4) is 5.75 Å². The summed E-state index contributed by atoms with van der Waals surface area (Å²) in [6, 6.07) is 6.19. The Kier molecular flexibility index (Phi) is 5.63. The number of nitrogens with one attached hydrogen (secondary N) is 1. The van der Waals surface area contributed by atoms with E-state index in [1.54, 1.807) is 7.11 Å². The van der Waals surface area contributed by atoms with Crippen LogP contribution in [0.5, 0.6) is 5.75 Å². The lowest BCUT2D eigenvalue weighted by Crippen LogP contribution is -2.38. The first-order valence-corrected chi connectivity index (χ1v) is 6.98. The molecule has 0 bridgehead atoms. The maximum absolute atomic E-state index is 9.96. The first kappa shape index (κ1) is 15.5. The van der Waals surface area contributed by atoms with Gasteiger partial charge in [0.2, 0.25) is 0 Å². The first-order chi connectivity index (χ1) is 8.39. The van der Waals surface area contributed by atoms with E-state index >= 15 is 0 Å². The van der Waals surface area contributed by atoms with Crippen LogP contribution in [-0.2, 0) is 0 Å². The predicted octanol–water partition coefficient (Wildman–Crippen LogP) is 3.27. The molecule has 2 unspecified atom stereocenters. The van der Waals surface area contributed by atoms with Crippen LogP contribution in [0.25, 0.3) is 0 Å². The van der Waals surface area contributed by atoms with Gasteiger partial charge in [0, 0.05) is 12.6 Å². The lowest BCUT2D eigenvalue weighted by atomic mass is 10.0. The fourth-order valence-electron chi connectivity index (χ4n) is 1.57. The second-order valence-corrected chi connectivity index (χ2v) is 5.70. The highest BCUT2D eigenvalue weighted by atomic mass is 79.9. The van der Waals surface area contributed by atoms with Crippen molar-refractivity contribution in [3.05, 3.63) is 28.2 Å². The summed E-state index contributed by atoms with van der Waals surface area (Å²) in [5.41, 5.74) is 0.507. The number of halogens is 1. The van der Waals surface area contributed by atoms with Crippen LogP contribution in [0.3, 0.4) is 0 Å². The molecular formula is C14H22BrNO2. The van der Waals surface area contributed by atoms with Crippen LogP contribution in [0.1, 0.15) is 38.8 Å². The second-order valence-electron chi connectivity index (χ2n) is 4.85. The van der Waals surface area contributed by atoms with Crippen molar-refractivity contribution in [3.63, 3.8) is 0 Å². The van der Waals surface area contributed by atoms with E-state index < -0.39 is 5.60 Å². The highest BCUT2D eigenvalue weighted by Gasteiger charge is 2.18. The monoisotopic (exact) mass is 315 g/mol. The molecule has 0 aromatic heterocycles. The summed E-state index contributed by atoms with van der Waals surface area (Å²) in [5, 5.41) is 13.3. The van der Waals surface area contributed by atoms with Gasteiger partial charge in [-0.1, -0.05) is 13.0 Å². The number of methoxy groups -OCH3 is 1. The molecule has 102 valence electrons. The summed E-state index contributed by atoms with van der Waals surface area (Å²) in [6.45, 7) is 6.49. The first-order valence-electron chi connectivity index (χ1n) is 6.19. The molecule has 2 atom stereocenters. The van der Waals surface area contributed by atoms with Crippen LogP contribution >= 0.6 is 15.9 Å². The number of aliphatic hydroxyl groups is 1. The molecule has 0 fully saturated rings. The third-order valence-electron chi connectivity index (χ3n) is 3.23. The molecule has 0 aliphatic rings. The maximum Gasteiger partial charge on any atom is 0.133 e. The van der Waals surface area contributed by atoms with Gasteiger partial charge in [-0.05, 0) is 53.9 Å². The van der Waals surface area contributed by atoms with Crippen LogP contribution in [-0.4, -0.2) is 24.4 Å². The predicted molar refractivity (Wildman–Crippen MR) is 78.0 cm³/mol. The van der Waals surface area contributed by atoms with Gasteiger partial charge in [-0.3, -0.25) is 0 Å². The summed E-state index contributed by atoms with van der Waals surface area (Å²) >= 11 is 3.48. The Balaban J connectivity index is 2.67. The average Bonchev–Trinajstić information content (AvgIpc) is 2.36. The molecule has 3 nitrogen and oxygen atoms in total. The van der Waals surface area contributed by atoms with E-state index in [0.717, 1.165) is 22.2 Å². The molecule has 0 amide bonds. The third-order valence-corrected chi connectivity index (χ3v) is 3.85. The number of hydrogen-bond acceptors (Lipinski definition) is 3. The second kappa shape index (κ2) is 6.55. The molecular weight excluding hydrogens is 294 g/mol. The molecule has 2 N–H and O–H groups in total. The fraction of sp³-hybridized carbons (Fsp3) is 0.571. The van der Waals surface area contributed by atoms with Gasteiger partial charge in [-0.25, -0.2) is 0 Å². The van der Waals surface area contributed by atoms with Gasteiger partial charge >= 0.3 is 0 Å². The Morgan fingerprint density at radius 1 is 1.50 bits per heavy atom. The minimum atomic E-state index is -0.655. The van der Waals surface area contributed by atoms with Crippen LogP contribution in [0.2, 0.25) is 0 Å². The third kappa shape index (κ3) is 4.26. The van der Waals surface area contributed by atoms with Gasteiger partial charge in [0.15, 0.2) is 0 Å². The van der Waals surface area contributed by atoms with Gasteiger partial charge in [0.25, 0.3) is 0 Å². The molecule has 0 saturated carbocycles. The standard InChI is InChI=1S/C14H22BrNO2/c1-5-14(3,17)9-16-10(2)11-6-7-13(18-4)12(15)8-11/h6-8,10,16-17H,5,9H2,1-4H3. The van der Waals surface area contributed by atoms with E-state index in [9.17, 15) is 5.11 Å². The maximum atomic E-state index is 9.96. The summed E-state index contributed by atoms with van der Waals surface area (Å²) in [7, 11) is 1.65. The molecule has 4 heteroatoms. The van der Waals surface area contributed by atoms with Crippen molar-refractivity contribution >= 4 is 15.9 Å². The summed E-state index contributed by atoms with van der Waals surface area (Å²) in [6.07, 6.45) is 0.735. The van der Waals surface area contributed by atoms with Gasteiger partial charge < -0.3 is 15.2 Å². The van der Waals surface area contributed by atoms with Crippen LogP contribution < -0.4 is 10.1 Å². The topological polar surface area (TPSA) is 41.5 Å². The molecule has 18 heavy (non-hydrogen) atoms. The quantitative estimate of drug-likeness (QED) is 0.846. The largest absolute Gasteiger partial charge is 0.496 e. The Morgan fingerprint density at radius 3 is 2.67 bits per heavy atom. The molecule has 1 aromatic rings. The molecule has 0 spiro atoms. The summed E-state index contributed by atoms with van der Waals surface area (Å²) in [4.78, 5) is 0. The van der Waals surface area contributed by atoms with Crippen molar-refractivity contribution in [2.75, 3.05) is 13.7 Å². The molecule has 1 rings (SSSR count). The zero-order chi connectivity index (χ0) is 13.8. The lowest BCUT2D eigenvalue weighted by molar-refractivity contribution is 0.0533. The fourth-order valence-corrected chi connectivity index (χ4v) is 2.13. The van der Waals surface area contributed by atoms with Crippen molar-refractivity contribution in [1.29, 1.82) is 0 Å². The Morgan fingerprint density at radius 2 is 2.17 bits per heavy atom. The van der Waals surface area contributed by atoms with Crippen molar-refractivity contribution in [2.24, 2.45) is 0 Å². The highest BCUT2D eigenvalue weighted by molar-refractivity contribution is 9.10. The zero-order valence-electron chi connectivity index (χ0n) is 11.5. The Hall–Kier alpha value is -0.580. The average molecular weight is 316 g/mol. The van der Waals surface area contributed by atoms with Crippen LogP contribution in [0.4, 0.5) is 0 Å². The number of hydrogen-bond donors (Lipinski definition) is 2. The summed E-state index contributed by atoms with van der Waals surface area (Å²) in [5.74, 6) is 0.825. The molecule has 0 aliphatic carbocycles. The lowest BCUT2D eigenvalue weighted by Gasteiger charge is -2.25.